The molecular weight excluding hydrogens is 382 g/mol. The van der Waals surface area contributed by atoms with Gasteiger partial charge >= 0.3 is 0 Å². The van der Waals surface area contributed by atoms with E-state index in [0.717, 1.165) is 42.8 Å². The molecule has 1 aromatic carbocycles. The molecule has 1 fully saturated rings. The molecule has 0 spiro atoms. The lowest BCUT2D eigenvalue weighted by molar-refractivity contribution is -0.126. The van der Waals surface area contributed by atoms with Gasteiger partial charge in [0.15, 0.2) is 0 Å². The van der Waals surface area contributed by atoms with Gasteiger partial charge in [-0.1, -0.05) is 6.07 Å². The molecular formula is C23H27N3O2S. The first-order chi connectivity index (χ1) is 14.2. The lowest BCUT2D eigenvalue weighted by Gasteiger charge is -2.18. The second-order valence-corrected chi connectivity index (χ2v) is 9.61. The van der Waals surface area contributed by atoms with Crippen molar-refractivity contribution in [1.29, 1.82) is 0 Å². The summed E-state index contributed by atoms with van der Waals surface area (Å²) in [6, 6.07) is 6.32. The van der Waals surface area contributed by atoms with Gasteiger partial charge in [-0.15, -0.1) is 11.3 Å². The minimum atomic E-state index is -0.264. The van der Waals surface area contributed by atoms with Crippen LogP contribution < -0.4 is 10.2 Å². The summed E-state index contributed by atoms with van der Waals surface area (Å²) in [4.78, 5) is 33.1. The van der Waals surface area contributed by atoms with Crippen LogP contribution in [-0.4, -0.2) is 29.9 Å². The van der Waals surface area contributed by atoms with Crippen LogP contribution >= 0.6 is 11.3 Å². The maximum atomic E-state index is 12.6. The molecule has 152 valence electrons. The minimum absolute atomic E-state index is 0.0108. The number of hydrogen-bond donors (Lipinski definition) is 1. The van der Waals surface area contributed by atoms with Crippen molar-refractivity contribution in [3.8, 4) is 0 Å². The molecule has 3 aliphatic rings. The third-order valence-electron chi connectivity index (χ3n) is 6.42. The fourth-order valence-corrected chi connectivity index (χ4v) is 5.96. The number of nitrogens with one attached hydrogen (secondary N) is 1. The molecule has 1 N–H and O–H groups in total. The number of carbonyl (C=O) groups is 2. The maximum absolute atomic E-state index is 12.6. The van der Waals surface area contributed by atoms with Crippen molar-refractivity contribution in [1.82, 2.24) is 10.3 Å². The Morgan fingerprint density at radius 2 is 2.00 bits per heavy atom. The molecule has 1 saturated heterocycles. The van der Waals surface area contributed by atoms with Crippen LogP contribution in [0.15, 0.2) is 18.2 Å². The van der Waals surface area contributed by atoms with E-state index in [2.05, 4.69) is 17.4 Å². The van der Waals surface area contributed by atoms with E-state index < -0.39 is 0 Å². The number of aryl methyl sites for hydroxylation is 4. The van der Waals surface area contributed by atoms with Gasteiger partial charge < -0.3 is 10.2 Å². The second kappa shape index (κ2) is 7.90. The number of nitrogens with zero attached hydrogens (tertiary/aromatic N) is 2. The summed E-state index contributed by atoms with van der Waals surface area (Å²) >= 11 is 1.80. The SMILES string of the molecule is O=C(NCCc1nc2c(s1)CCCC2)C1CC(=O)N(c2ccc3c(c2)CCC3)C1. The highest BCUT2D eigenvalue weighted by Gasteiger charge is 2.35. The van der Waals surface area contributed by atoms with E-state index in [9.17, 15) is 9.59 Å². The fourth-order valence-electron chi connectivity index (χ4n) is 4.81. The molecule has 1 aliphatic heterocycles. The standard InChI is InChI=1S/C23H27N3O2S/c27-22-13-17(14-26(22)18-9-8-15-4-3-5-16(15)12-18)23(28)24-11-10-21-25-19-6-1-2-7-20(19)29-21/h8-9,12,17H,1-7,10-11,13-14H2,(H,24,28). The Morgan fingerprint density at radius 3 is 2.90 bits per heavy atom. The van der Waals surface area contributed by atoms with Gasteiger partial charge in [-0.25, -0.2) is 4.98 Å². The van der Waals surface area contributed by atoms with Crippen LogP contribution in [0.4, 0.5) is 5.69 Å². The highest BCUT2D eigenvalue weighted by Crippen LogP contribution is 2.31. The Morgan fingerprint density at radius 1 is 1.14 bits per heavy atom. The highest BCUT2D eigenvalue weighted by molar-refractivity contribution is 7.11. The van der Waals surface area contributed by atoms with Crippen molar-refractivity contribution in [2.24, 2.45) is 5.92 Å². The molecule has 2 aliphatic carbocycles. The molecule has 29 heavy (non-hydrogen) atoms. The van der Waals surface area contributed by atoms with Crippen LogP contribution in [0.2, 0.25) is 0 Å². The first-order valence-electron chi connectivity index (χ1n) is 10.8. The van der Waals surface area contributed by atoms with E-state index in [0.29, 0.717) is 19.5 Å². The number of thiazole rings is 1. The molecule has 5 nitrogen and oxygen atoms in total. The molecule has 0 bridgehead atoms. The van der Waals surface area contributed by atoms with E-state index in [1.54, 1.807) is 16.2 Å². The zero-order chi connectivity index (χ0) is 19.8. The summed E-state index contributed by atoms with van der Waals surface area (Å²) in [6.07, 6.45) is 9.26. The topological polar surface area (TPSA) is 62.3 Å². The van der Waals surface area contributed by atoms with Gasteiger partial charge in [-0.3, -0.25) is 9.59 Å². The molecule has 2 amide bonds. The number of fused-ring (bicyclic) bond motifs is 2. The van der Waals surface area contributed by atoms with Crippen molar-refractivity contribution >= 4 is 28.8 Å². The zero-order valence-corrected chi connectivity index (χ0v) is 17.5. The van der Waals surface area contributed by atoms with E-state index in [4.69, 9.17) is 4.98 Å². The van der Waals surface area contributed by atoms with Crippen molar-refractivity contribution < 1.29 is 9.59 Å². The quantitative estimate of drug-likeness (QED) is 0.825. The summed E-state index contributed by atoms with van der Waals surface area (Å²) in [6.45, 7) is 1.07. The van der Waals surface area contributed by atoms with E-state index in [1.165, 1.54) is 41.0 Å². The summed E-state index contributed by atoms with van der Waals surface area (Å²) < 4.78 is 0. The van der Waals surface area contributed by atoms with E-state index in [1.807, 2.05) is 6.07 Å². The van der Waals surface area contributed by atoms with E-state index >= 15 is 0 Å². The Balaban J connectivity index is 1.16. The number of aromatic nitrogens is 1. The highest BCUT2D eigenvalue weighted by atomic mass is 32.1. The molecule has 0 saturated carbocycles. The van der Waals surface area contributed by atoms with Gasteiger partial charge in [0.05, 0.1) is 16.6 Å². The van der Waals surface area contributed by atoms with Crippen molar-refractivity contribution in [2.45, 2.75) is 57.8 Å². The maximum Gasteiger partial charge on any atom is 0.227 e. The molecule has 5 rings (SSSR count). The Kier molecular flexibility index (Phi) is 5.12. The van der Waals surface area contributed by atoms with Gasteiger partial charge in [0.25, 0.3) is 0 Å². The van der Waals surface area contributed by atoms with Crippen LogP contribution in [0.5, 0.6) is 0 Å². The zero-order valence-electron chi connectivity index (χ0n) is 16.7. The normalized spacial score (nSPS) is 20.6. The number of hydrogen-bond acceptors (Lipinski definition) is 4. The first kappa shape index (κ1) is 18.8. The van der Waals surface area contributed by atoms with Crippen molar-refractivity contribution in [3.63, 3.8) is 0 Å². The van der Waals surface area contributed by atoms with Gasteiger partial charge in [-0.05, 0) is 68.2 Å². The van der Waals surface area contributed by atoms with Crippen molar-refractivity contribution in [3.05, 3.63) is 44.9 Å². The van der Waals surface area contributed by atoms with Gasteiger partial charge in [0, 0.05) is 36.5 Å². The van der Waals surface area contributed by atoms with Gasteiger partial charge in [-0.2, -0.15) is 0 Å². The molecule has 2 aromatic rings. The lowest BCUT2D eigenvalue weighted by atomic mass is 10.0. The average molecular weight is 410 g/mol. The smallest absolute Gasteiger partial charge is 0.227 e. The summed E-state index contributed by atoms with van der Waals surface area (Å²) in [5.41, 5.74) is 4.97. The lowest BCUT2D eigenvalue weighted by Crippen LogP contribution is -2.34. The van der Waals surface area contributed by atoms with Gasteiger partial charge in [0.1, 0.15) is 0 Å². The fraction of sp³-hybridized carbons (Fsp3) is 0.522. The number of benzene rings is 1. The van der Waals surface area contributed by atoms with Crippen LogP contribution in [-0.2, 0) is 41.7 Å². The number of rotatable bonds is 5. The molecule has 2 heterocycles. The van der Waals surface area contributed by atoms with Crippen LogP contribution in [0.25, 0.3) is 0 Å². The average Bonchev–Trinajstić information content (AvgIpc) is 3.44. The summed E-state index contributed by atoms with van der Waals surface area (Å²) in [7, 11) is 0. The number of anilines is 1. The summed E-state index contributed by atoms with van der Waals surface area (Å²) in [5.74, 6) is -0.223. The molecule has 1 unspecified atom stereocenters. The minimum Gasteiger partial charge on any atom is -0.355 e. The van der Waals surface area contributed by atoms with Crippen molar-refractivity contribution in [2.75, 3.05) is 18.0 Å². The van der Waals surface area contributed by atoms with Gasteiger partial charge in [0.2, 0.25) is 11.8 Å². The molecule has 6 heteroatoms. The summed E-state index contributed by atoms with van der Waals surface area (Å²) in [5, 5.41) is 4.16. The molecule has 0 radical (unpaired) electrons. The predicted molar refractivity (Wildman–Crippen MR) is 114 cm³/mol. The monoisotopic (exact) mass is 409 g/mol. The largest absolute Gasteiger partial charge is 0.355 e. The Labute approximate surface area is 175 Å². The number of carbonyl (C=O) groups excluding carboxylic acids is 2. The molecule has 1 aromatic heterocycles. The third-order valence-corrected chi connectivity index (χ3v) is 7.63. The van der Waals surface area contributed by atoms with E-state index in [-0.39, 0.29) is 17.7 Å². The van der Waals surface area contributed by atoms with Crippen LogP contribution in [0, 0.1) is 5.92 Å². The second-order valence-electron chi connectivity index (χ2n) is 8.44. The Hall–Kier alpha value is -2.21. The van der Waals surface area contributed by atoms with Crippen LogP contribution in [0.1, 0.15) is 52.4 Å². The first-order valence-corrected chi connectivity index (χ1v) is 11.7. The predicted octanol–water partition coefficient (Wildman–Crippen LogP) is 3.22. The Bertz CT molecular complexity index is 928. The number of amides is 2. The molecule has 1 atom stereocenters. The van der Waals surface area contributed by atoms with Crippen LogP contribution in [0.3, 0.4) is 0 Å². The third kappa shape index (κ3) is 3.82.